The molecule has 0 aliphatic carbocycles. The summed E-state index contributed by atoms with van der Waals surface area (Å²) in [7, 11) is 0. The summed E-state index contributed by atoms with van der Waals surface area (Å²) in [5, 5.41) is 21.9. The van der Waals surface area contributed by atoms with Crippen LogP contribution in [0.15, 0.2) is 30.9 Å². The van der Waals surface area contributed by atoms with Gasteiger partial charge in [-0.15, -0.1) is 6.58 Å². The van der Waals surface area contributed by atoms with Gasteiger partial charge in [0.2, 0.25) is 0 Å². The third-order valence-corrected chi connectivity index (χ3v) is 2.13. The van der Waals surface area contributed by atoms with E-state index in [2.05, 4.69) is 11.9 Å². The molecule has 4 heteroatoms. The van der Waals surface area contributed by atoms with Crippen LogP contribution >= 0.6 is 11.6 Å². The van der Waals surface area contributed by atoms with Crippen LogP contribution in [0, 0.1) is 11.3 Å². The molecule has 0 heterocycles. The highest BCUT2D eigenvalue weighted by Gasteiger charge is 2.13. The summed E-state index contributed by atoms with van der Waals surface area (Å²) < 4.78 is 0. The lowest BCUT2D eigenvalue weighted by molar-refractivity contribution is 0.461. The third kappa shape index (κ3) is 2.98. The Morgan fingerprint density at radius 2 is 2.40 bits per heavy atom. The lowest BCUT2D eigenvalue weighted by Gasteiger charge is -2.12. The van der Waals surface area contributed by atoms with E-state index in [9.17, 15) is 5.11 Å². The molecule has 0 amide bonds. The summed E-state index contributed by atoms with van der Waals surface area (Å²) in [5.74, 6) is 0.0579. The number of nitriles is 1. The summed E-state index contributed by atoms with van der Waals surface area (Å²) >= 11 is 5.78. The van der Waals surface area contributed by atoms with Gasteiger partial charge in [0.1, 0.15) is 11.8 Å². The second-order valence-electron chi connectivity index (χ2n) is 2.96. The number of rotatable bonds is 4. The molecule has 1 aromatic rings. The van der Waals surface area contributed by atoms with Gasteiger partial charge in [-0.25, -0.2) is 0 Å². The van der Waals surface area contributed by atoms with E-state index in [4.69, 9.17) is 16.9 Å². The van der Waals surface area contributed by atoms with Crippen LogP contribution in [0.2, 0.25) is 5.02 Å². The van der Waals surface area contributed by atoms with Crippen molar-refractivity contribution in [2.45, 2.75) is 6.04 Å². The Morgan fingerprint density at radius 3 is 3.00 bits per heavy atom. The van der Waals surface area contributed by atoms with E-state index in [-0.39, 0.29) is 5.75 Å². The Morgan fingerprint density at radius 1 is 1.67 bits per heavy atom. The Bertz CT molecular complexity index is 398. The number of nitrogens with zero attached hydrogens (tertiary/aromatic N) is 1. The minimum atomic E-state index is -0.582. The lowest BCUT2D eigenvalue weighted by atomic mass is 10.1. The molecule has 0 fully saturated rings. The van der Waals surface area contributed by atoms with Crippen LogP contribution < -0.4 is 5.32 Å². The van der Waals surface area contributed by atoms with E-state index in [1.807, 2.05) is 6.07 Å². The number of phenolic OH excluding ortho intramolecular Hbond substituents is 1. The standard InChI is InChI=1S/C11H11ClN2O/c1-2-5-14-10(7-13)9-6-8(12)3-4-11(9)15/h2-4,6,10,14-15H,1,5H2. The Hall–Kier alpha value is -1.50. The molecule has 0 aromatic heterocycles. The van der Waals surface area contributed by atoms with Crippen molar-refractivity contribution in [2.24, 2.45) is 0 Å². The molecule has 2 N–H and O–H groups in total. The van der Waals surface area contributed by atoms with Crippen LogP contribution in [0.5, 0.6) is 5.75 Å². The van der Waals surface area contributed by atoms with E-state index in [1.165, 1.54) is 6.07 Å². The Kier molecular flexibility index (Phi) is 4.17. The summed E-state index contributed by atoms with van der Waals surface area (Å²) in [6, 6.07) is 6.07. The van der Waals surface area contributed by atoms with Gasteiger partial charge in [0.05, 0.1) is 6.07 Å². The number of hydrogen-bond acceptors (Lipinski definition) is 3. The van der Waals surface area contributed by atoms with Crippen molar-refractivity contribution in [1.29, 1.82) is 5.26 Å². The minimum Gasteiger partial charge on any atom is -0.508 e. The molecule has 0 radical (unpaired) electrons. The minimum absolute atomic E-state index is 0.0579. The topological polar surface area (TPSA) is 56.0 Å². The number of nitrogens with one attached hydrogen (secondary N) is 1. The molecule has 0 bridgehead atoms. The lowest BCUT2D eigenvalue weighted by Crippen LogP contribution is -2.19. The second kappa shape index (κ2) is 5.40. The maximum atomic E-state index is 9.56. The Labute approximate surface area is 93.6 Å². The van der Waals surface area contributed by atoms with Crippen molar-refractivity contribution in [3.63, 3.8) is 0 Å². The van der Waals surface area contributed by atoms with Gasteiger partial charge in [0, 0.05) is 17.1 Å². The van der Waals surface area contributed by atoms with Gasteiger partial charge in [-0.2, -0.15) is 5.26 Å². The largest absolute Gasteiger partial charge is 0.508 e. The molecule has 0 saturated heterocycles. The van der Waals surface area contributed by atoms with E-state index < -0.39 is 6.04 Å². The van der Waals surface area contributed by atoms with E-state index in [0.29, 0.717) is 17.1 Å². The van der Waals surface area contributed by atoms with Crippen LogP contribution in [-0.4, -0.2) is 11.7 Å². The quantitative estimate of drug-likeness (QED) is 0.770. The highest BCUT2D eigenvalue weighted by molar-refractivity contribution is 6.30. The number of hydrogen-bond donors (Lipinski definition) is 2. The second-order valence-corrected chi connectivity index (χ2v) is 3.40. The molecule has 1 atom stereocenters. The molecule has 0 spiro atoms. The summed E-state index contributed by atoms with van der Waals surface area (Å²) in [6.45, 7) is 4.03. The monoisotopic (exact) mass is 222 g/mol. The van der Waals surface area contributed by atoms with Gasteiger partial charge >= 0.3 is 0 Å². The number of aromatic hydroxyl groups is 1. The predicted octanol–water partition coefficient (Wildman–Crippen LogP) is 2.39. The third-order valence-electron chi connectivity index (χ3n) is 1.90. The zero-order valence-corrected chi connectivity index (χ0v) is 8.83. The van der Waals surface area contributed by atoms with Crippen molar-refractivity contribution >= 4 is 11.6 Å². The van der Waals surface area contributed by atoms with Gasteiger partial charge < -0.3 is 5.11 Å². The normalized spacial score (nSPS) is 11.7. The molecule has 0 aliphatic rings. The summed E-state index contributed by atoms with van der Waals surface area (Å²) in [4.78, 5) is 0. The molecule has 1 unspecified atom stereocenters. The van der Waals surface area contributed by atoms with Crippen molar-refractivity contribution < 1.29 is 5.11 Å². The van der Waals surface area contributed by atoms with Crippen LogP contribution in [0.3, 0.4) is 0 Å². The van der Waals surface area contributed by atoms with Crippen LogP contribution in [0.25, 0.3) is 0 Å². The van der Waals surface area contributed by atoms with Gasteiger partial charge in [0.25, 0.3) is 0 Å². The number of benzene rings is 1. The first-order chi connectivity index (χ1) is 7.19. The van der Waals surface area contributed by atoms with Gasteiger partial charge in [-0.3, -0.25) is 5.32 Å². The van der Waals surface area contributed by atoms with Gasteiger partial charge in [-0.05, 0) is 18.2 Å². The molecule has 1 rings (SSSR count). The molecule has 15 heavy (non-hydrogen) atoms. The van der Waals surface area contributed by atoms with Crippen LogP contribution in [0.1, 0.15) is 11.6 Å². The fraction of sp³-hybridized carbons (Fsp3) is 0.182. The van der Waals surface area contributed by atoms with Crippen LogP contribution in [0.4, 0.5) is 0 Å². The highest BCUT2D eigenvalue weighted by atomic mass is 35.5. The number of halogens is 1. The molecule has 0 saturated carbocycles. The summed E-state index contributed by atoms with van der Waals surface area (Å²) in [6.07, 6.45) is 1.64. The Balaban J connectivity index is 2.96. The average molecular weight is 223 g/mol. The van der Waals surface area contributed by atoms with Gasteiger partial charge in [0.15, 0.2) is 0 Å². The summed E-state index contributed by atoms with van der Waals surface area (Å²) in [5.41, 5.74) is 0.479. The average Bonchev–Trinajstić information content (AvgIpc) is 2.24. The SMILES string of the molecule is C=CCNC(C#N)c1cc(Cl)ccc1O. The van der Waals surface area contributed by atoms with E-state index in [0.717, 1.165) is 0 Å². The zero-order valence-electron chi connectivity index (χ0n) is 8.07. The molecule has 1 aromatic carbocycles. The first-order valence-electron chi connectivity index (χ1n) is 4.41. The van der Waals surface area contributed by atoms with E-state index >= 15 is 0 Å². The highest BCUT2D eigenvalue weighted by Crippen LogP contribution is 2.26. The van der Waals surface area contributed by atoms with Crippen molar-refractivity contribution in [3.05, 3.63) is 41.4 Å². The maximum Gasteiger partial charge on any atom is 0.125 e. The molecule has 78 valence electrons. The van der Waals surface area contributed by atoms with Gasteiger partial charge in [-0.1, -0.05) is 17.7 Å². The molecule has 3 nitrogen and oxygen atoms in total. The van der Waals surface area contributed by atoms with Crippen molar-refractivity contribution in [3.8, 4) is 11.8 Å². The molecular formula is C11H11ClN2O. The fourth-order valence-electron chi connectivity index (χ4n) is 1.18. The smallest absolute Gasteiger partial charge is 0.125 e. The molecular weight excluding hydrogens is 212 g/mol. The van der Waals surface area contributed by atoms with Crippen LogP contribution in [-0.2, 0) is 0 Å². The zero-order chi connectivity index (χ0) is 11.3. The van der Waals surface area contributed by atoms with Crippen molar-refractivity contribution in [1.82, 2.24) is 5.32 Å². The van der Waals surface area contributed by atoms with Crippen molar-refractivity contribution in [2.75, 3.05) is 6.54 Å². The molecule has 0 aliphatic heterocycles. The first kappa shape index (κ1) is 11.6. The maximum absolute atomic E-state index is 9.56. The predicted molar refractivity (Wildman–Crippen MR) is 59.7 cm³/mol. The first-order valence-corrected chi connectivity index (χ1v) is 4.79. The fourth-order valence-corrected chi connectivity index (χ4v) is 1.36. The number of phenols is 1. The van der Waals surface area contributed by atoms with E-state index in [1.54, 1.807) is 18.2 Å².